The highest BCUT2D eigenvalue weighted by molar-refractivity contribution is 7.19. The van der Waals surface area contributed by atoms with Gasteiger partial charge in [-0.15, -0.1) is 22.7 Å². The zero-order valence-electron chi connectivity index (χ0n) is 12.6. The number of likely N-dealkylation sites (N-methyl/N-ethyl adjacent to an activating group) is 1. The van der Waals surface area contributed by atoms with Crippen LogP contribution in [-0.4, -0.2) is 28.5 Å². The second-order valence-electron chi connectivity index (χ2n) is 5.69. The first-order valence-electron chi connectivity index (χ1n) is 7.67. The summed E-state index contributed by atoms with van der Waals surface area (Å²) in [6, 6.07) is 0. The Morgan fingerprint density at radius 1 is 1.18 bits per heavy atom. The van der Waals surface area contributed by atoms with E-state index in [1.807, 2.05) is 22.9 Å². The summed E-state index contributed by atoms with van der Waals surface area (Å²) < 4.78 is 0. The molecule has 0 amide bonds. The topological polar surface area (TPSA) is 41.9 Å². The van der Waals surface area contributed by atoms with Crippen LogP contribution in [0.1, 0.15) is 28.3 Å². The van der Waals surface area contributed by atoms with E-state index in [4.69, 9.17) is 0 Å². The Hall–Kier alpha value is -1.53. The van der Waals surface area contributed by atoms with Gasteiger partial charge in [-0.25, -0.2) is 15.0 Å². The Morgan fingerprint density at radius 3 is 2.95 bits per heavy atom. The van der Waals surface area contributed by atoms with Gasteiger partial charge >= 0.3 is 0 Å². The van der Waals surface area contributed by atoms with Crippen LogP contribution in [-0.2, 0) is 19.3 Å². The van der Waals surface area contributed by atoms with Crippen molar-refractivity contribution in [3.63, 3.8) is 0 Å². The van der Waals surface area contributed by atoms with E-state index in [2.05, 4.69) is 26.9 Å². The molecule has 22 heavy (non-hydrogen) atoms. The third-order valence-electron chi connectivity index (χ3n) is 4.24. The van der Waals surface area contributed by atoms with Gasteiger partial charge in [-0.1, -0.05) is 0 Å². The molecule has 114 valence electrons. The molecule has 4 rings (SSSR count). The minimum absolute atomic E-state index is 0.935. The number of hydrogen-bond acceptors (Lipinski definition) is 6. The fourth-order valence-electron chi connectivity index (χ4n) is 3.11. The Kier molecular flexibility index (Phi) is 3.80. The number of nitrogens with zero attached hydrogens (tertiary/aromatic N) is 4. The number of aryl methyl sites for hydroxylation is 2. The monoisotopic (exact) mass is 330 g/mol. The van der Waals surface area contributed by atoms with E-state index < -0.39 is 0 Å². The van der Waals surface area contributed by atoms with Crippen molar-refractivity contribution in [1.82, 2.24) is 15.0 Å². The standard InChI is InChI=1S/C16H18N4S2/c1-20(8-6-13-17-7-9-21-13)15-14-11-4-2-3-5-12(11)22-16(14)19-10-18-15/h7,9-10H,2-6,8H2,1H3. The van der Waals surface area contributed by atoms with Crippen molar-refractivity contribution in [1.29, 1.82) is 0 Å². The number of aromatic nitrogens is 3. The van der Waals surface area contributed by atoms with Crippen LogP contribution < -0.4 is 4.90 Å². The highest BCUT2D eigenvalue weighted by Crippen LogP contribution is 2.38. The molecule has 3 heterocycles. The molecule has 3 aromatic heterocycles. The van der Waals surface area contributed by atoms with E-state index in [0.717, 1.165) is 23.6 Å². The minimum atomic E-state index is 0.935. The first-order valence-corrected chi connectivity index (χ1v) is 9.37. The zero-order chi connectivity index (χ0) is 14.9. The van der Waals surface area contributed by atoms with Crippen molar-refractivity contribution in [2.45, 2.75) is 32.1 Å². The summed E-state index contributed by atoms with van der Waals surface area (Å²) in [7, 11) is 2.13. The van der Waals surface area contributed by atoms with Gasteiger partial charge in [0.25, 0.3) is 0 Å². The predicted octanol–water partition coefficient (Wildman–Crippen LogP) is 3.71. The molecule has 3 aromatic rings. The molecular formula is C16H18N4S2. The van der Waals surface area contributed by atoms with Crippen molar-refractivity contribution < 1.29 is 0 Å². The largest absolute Gasteiger partial charge is 0.359 e. The van der Waals surface area contributed by atoms with Crippen LogP contribution in [0.5, 0.6) is 0 Å². The van der Waals surface area contributed by atoms with Gasteiger partial charge in [0.1, 0.15) is 17.0 Å². The summed E-state index contributed by atoms with van der Waals surface area (Å²) in [5.41, 5.74) is 1.50. The first-order chi connectivity index (χ1) is 10.8. The molecule has 1 aliphatic carbocycles. The lowest BCUT2D eigenvalue weighted by Gasteiger charge is -2.19. The first kappa shape index (κ1) is 14.1. The molecular weight excluding hydrogens is 312 g/mol. The second kappa shape index (κ2) is 5.93. The van der Waals surface area contributed by atoms with Crippen molar-refractivity contribution >= 4 is 38.7 Å². The summed E-state index contributed by atoms with van der Waals surface area (Å²) in [4.78, 5) is 18.4. The molecule has 0 spiro atoms. The molecule has 4 nitrogen and oxygen atoms in total. The molecule has 0 N–H and O–H groups in total. The van der Waals surface area contributed by atoms with Crippen LogP contribution >= 0.6 is 22.7 Å². The normalized spacial score (nSPS) is 14.2. The summed E-state index contributed by atoms with van der Waals surface area (Å²) in [5, 5.41) is 4.52. The SMILES string of the molecule is CN(CCc1nccs1)c1ncnc2sc3c(c12)CCCC3. The molecule has 0 saturated carbocycles. The van der Waals surface area contributed by atoms with Crippen LogP contribution in [0.15, 0.2) is 17.9 Å². The quantitative estimate of drug-likeness (QED) is 0.731. The third kappa shape index (κ3) is 2.50. The van der Waals surface area contributed by atoms with E-state index in [9.17, 15) is 0 Å². The average molecular weight is 330 g/mol. The van der Waals surface area contributed by atoms with Crippen LogP contribution in [0, 0.1) is 0 Å². The van der Waals surface area contributed by atoms with E-state index >= 15 is 0 Å². The highest BCUT2D eigenvalue weighted by Gasteiger charge is 2.21. The second-order valence-corrected chi connectivity index (χ2v) is 7.75. The maximum Gasteiger partial charge on any atom is 0.140 e. The molecule has 0 unspecified atom stereocenters. The van der Waals surface area contributed by atoms with Gasteiger partial charge in [0.2, 0.25) is 0 Å². The van der Waals surface area contributed by atoms with E-state index in [1.54, 1.807) is 17.7 Å². The predicted molar refractivity (Wildman–Crippen MR) is 93.1 cm³/mol. The molecule has 0 saturated heterocycles. The number of fused-ring (bicyclic) bond motifs is 3. The van der Waals surface area contributed by atoms with Crippen molar-refractivity contribution in [3.05, 3.63) is 33.4 Å². The zero-order valence-corrected chi connectivity index (χ0v) is 14.2. The number of rotatable bonds is 4. The van der Waals surface area contributed by atoms with Crippen molar-refractivity contribution in [3.8, 4) is 0 Å². The maximum absolute atomic E-state index is 4.59. The highest BCUT2D eigenvalue weighted by atomic mass is 32.1. The summed E-state index contributed by atoms with van der Waals surface area (Å²) in [6.07, 6.45) is 9.52. The van der Waals surface area contributed by atoms with Gasteiger partial charge in [-0.3, -0.25) is 0 Å². The number of hydrogen-bond donors (Lipinski definition) is 0. The molecule has 0 bridgehead atoms. The Bertz CT molecular complexity index is 779. The van der Waals surface area contributed by atoms with Crippen LogP contribution in [0.3, 0.4) is 0 Å². The Labute approximate surface area is 137 Å². The lowest BCUT2D eigenvalue weighted by molar-refractivity contribution is 0.700. The van der Waals surface area contributed by atoms with Crippen LogP contribution in [0.2, 0.25) is 0 Å². The lowest BCUT2D eigenvalue weighted by Crippen LogP contribution is -2.22. The van der Waals surface area contributed by atoms with Crippen molar-refractivity contribution in [2.75, 3.05) is 18.5 Å². The van der Waals surface area contributed by atoms with Gasteiger partial charge < -0.3 is 4.90 Å². The Balaban J connectivity index is 1.67. The summed E-state index contributed by atoms with van der Waals surface area (Å²) in [6.45, 7) is 0.935. The molecule has 0 aromatic carbocycles. The Morgan fingerprint density at radius 2 is 2.09 bits per heavy atom. The van der Waals surface area contributed by atoms with Gasteiger partial charge in [0, 0.05) is 36.5 Å². The maximum atomic E-state index is 4.59. The van der Waals surface area contributed by atoms with Crippen LogP contribution in [0.25, 0.3) is 10.2 Å². The molecule has 0 radical (unpaired) electrons. The molecule has 6 heteroatoms. The molecule has 1 aliphatic rings. The van der Waals surface area contributed by atoms with E-state index in [1.165, 1.54) is 46.5 Å². The number of thiazole rings is 1. The van der Waals surface area contributed by atoms with E-state index in [-0.39, 0.29) is 0 Å². The third-order valence-corrected chi connectivity index (χ3v) is 6.28. The molecule has 0 aliphatic heterocycles. The van der Waals surface area contributed by atoms with Gasteiger partial charge in [0.15, 0.2) is 0 Å². The van der Waals surface area contributed by atoms with Gasteiger partial charge in [0.05, 0.1) is 10.4 Å². The molecule has 0 fully saturated rings. The fraction of sp³-hybridized carbons (Fsp3) is 0.438. The van der Waals surface area contributed by atoms with E-state index in [0.29, 0.717) is 0 Å². The average Bonchev–Trinajstić information content (AvgIpc) is 3.19. The fourth-order valence-corrected chi connectivity index (χ4v) is 4.94. The van der Waals surface area contributed by atoms with Crippen molar-refractivity contribution in [2.24, 2.45) is 0 Å². The van der Waals surface area contributed by atoms with Gasteiger partial charge in [-0.05, 0) is 31.2 Å². The smallest absolute Gasteiger partial charge is 0.140 e. The van der Waals surface area contributed by atoms with Crippen LogP contribution in [0.4, 0.5) is 5.82 Å². The number of anilines is 1. The summed E-state index contributed by atoms with van der Waals surface area (Å²) >= 11 is 3.58. The lowest BCUT2D eigenvalue weighted by atomic mass is 9.97. The molecule has 0 atom stereocenters. The summed E-state index contributed by atoms with van der Waals surface area (Å²) in [5.74, 6) is 1.08. The number of thiophene rings is 1. The van der Waals surface area contributed by atoms with Gasteiger partial charge in [-0.2, -0.15) is 0 Å². The minimum Gasteiger partial charge on any atom is -0.359 e.